The molecule has 0 bridgehead atoms. The second-order valence-electron chi connectivity index (χ2n) is 3.56. The summed E-state index contributed by atoms with van der Waals surface area (Å²) in [7, 11) is 0. The Morgan fingerprint density at radius 3 is 2.76 bits per heavy atom. The lowest BCUT2D eigenvalue weighted by molar-refractivity contribution is 0.251. The van der Waals surface area contributed by atoms with Crippen molar-refractivity contribution in [3.63, 3.8) is 0 Å². The van der Waals surface area contributed by atoms with E-state index in [1.807, 2.05) is 42.6 Å². The van der Waals surface area contributed by atoms with Gasteiger partial charge >= 0.3 is 6.03 Å². The summed E-state index contributed by atoms with van der Waals surface area (Å²) >= 11 is 1.54. The summed E-state index contributed by atoms with van der Waals surface area (Å²) in [6.07, 6.45) is 0. The largest absolute Gasteiger partial charge is 0.331 e. The fourth-order valence-corrected chi connectivity index (χ4v) is 2.05. The molecule has 17 heavy (non-hydrogen) atoms. The van der Waals surface area contributed by atoms with Crippen LogP contribution in [0, 0.1) is 6.92 Å². The Kier molecular flexibility index (Phi) is 3.72. The average molecular weight is 247 g/mol. The van der Waals surface area contributed by atoms with Crippen LogP contribution in [0.25, 0.3) is 0 Å². The Bertz CT molecular complexity index is 495. The van der Waals surface area contributed by atoms with Crippen molar-refractivity contribution >= 4 is 23.1 Å². The van der Waals surface area contributed by atoms with E-state index in [9.17, 15) is 4.79 Å². The number of benzene rings is 1. The molecule has 4 nitrogen and oxygen atoms in total. The van der Waals surface area contributed by atoms with Crippen molar-refractivity contribution in [2.24, 2.45) is 0 Å². The van der Waals surface area contributed by atoms with Gasteiger partial charge in [-0.3, -0.25) is 0 Å². The van der Waals surface area contributed by atoms with Crippen LogP contribution in [0.3, 0.4) is 0 Å². The second-order valence-corrected chi connectivity index (χ2v) is 4.50. The molecule has 2 amide bonds. The maximum atomic E-state index is 11.5. The first-order valence-electron chi connectivity index (χ1n) is 5.25. The highest BCUT2D eigenvalue weighted by atomic mass is 32.1. The molecule has 0 saturated carbocycles. The highest BCUT2D eigenvalue weighted by molar-refractivity contribution is 7.09. The number of urea groups is 1. The number of aryl methyl sites for hydroxylation is 1. The number of anilines is 1. The Labute approximate surface area is 104 Å². The molecule has 1 aromatic carbocycles. The van der Waals surface area contributed by atoms with Crippen molar-refractivity contribution in [1.29, 1.82) is 0 Å². The van der Waals surface area contributed by atoms with E-state index in [0.29, 0.717) is 6.54 Å². The minimum atomic E-state index is -0.218. The Balaban J connectivity index is 1.82. The zero-order valence-corrected chi connectivity index (χ0v) is 10.3. The van der Waals surface area contributed by atoms with Crippen LogP contribution in [0.15, 0.2) is 35.7 Å². The number of amides is 2. The number of aromatic nitrogens is 1. The number of hydrogen-bond acceptors (Lipinski definition) is 3. The summed E-state index contributed by atoms with van der Waals surface area (Å²) in [6.45, 7) is 2.39. The monoisotopic (exact) mass is 247 g/mol. The number of carbonyl (C=O) groups is 1. The number of para-hydroxylation sites is 1. The highest BCUT2D eigenvalue weighted by Crippen LogP contribution is 2.08. The van der Waals surface area contributed by atoms with Gasteiger partial charge in [-0.15, -0.1) is 11.3 Å². The molecule has 0 atom stereocenters. The van der Waals surface area contributed by atoms with Gasteiger partial charge in [0.25, 0.3) is 0 Å². The van der Waals surface area contributed by atoms with Gasteiger partial charge < -0.3 is 10.6 Å². The van der Waals surface area contributed by atoms with Gasteiger partial charge in [0.2, 0.25) is 0 Å². The summed E-state index contributed by atoms with van der Waals surface area (Å²) in [6, 6.07) is 9.12. The molecule has 0 spiro atoms. The van der Waals surface area contributed by atoms with Gasteiger partial charge in [0, 0.05) is 16.8 Å². The van der Waals surface area contributed by atoms with E-state index in [-0.39, 0.29) is 6.03 Å². The van der Waals surface area contributed by atoms with Crippen molar-refractivity contribution in [2.45, 2.75) is 13.5 Å². The molecule has 0 aliphatic carbocycles. The zero-order valence-electron chi connectivity index (χ0n) is 9.43. The molecule has 0 saturated heterocycles. The van der Waals surface area contributed by atoms with E-state index in [2.05, 4.69) is 15.6 Å². The molecule has 0 aliphatic heterocycles. The van der Waals surface area contributed by atoms with Gasteiger partial charge in [-0.25, -0.2) is 9.78 Å². The lowest BCUT2D eigenvalue weighted by Gasteiger charge is -2.05. The third kappa shape index (κ3) is 3.57. The Hall–Kier alpha value is -1.88. The molecule has 0 aliphatic rings. The number of nitrogens with one attached hydrogen (secondary N) is 2. The van der Waals surface area contributed by atoms with E-state index in [0.717, 1.165) is 16.4 Å². The second kappa shape index (κ2) is 5.45. The van der Waals surface area contributed by atoms with E-state index < -0.39 is 0 Å². The van der Waals surface area contributed by atoms with E-state index in [1.54, 1.807) is 11.3 Å². The Morgan fingerprint density at radius 1 is 1.35 bits per heavy atom. The molecule has 2 rings (SSSR count). The Morgan fingerprint density at radius 2 is 2.12 bits per heavy atom. The molecule has 1 aromatic heterocycles. The van der Waals surface area contributed by atoms with Crippen molar-refractivity contribution in [1.82, 2.24) is 10.3 Å². The molecule has 0 radical (unpaired) electrons. The van der Waals surface area contributed by atoms with Crippen LogP contribution in [0.1, 0.15) is 10.7 Å². The average Bonchev–Trinajstić information content (AvgIpc) is 2.74. The maximum absolute atomic E-state index is 11.5. The molecular weight excluding hydrogens is 234 g/mol. The smallest absolute Gasteiger partial charge is 0.319 e. The maximum Gasteiger partial charge on any atom is 0.319 e. The van der Waals surface area contributed by atoms with Gasteiger partial charge in [0.05, 0.1) is 6.54 Å². The molecule has 1 heterocycles. The van der Waals surface area contributed by atoms with Crippen LogP contribution >= 0.6 is 11.3 Å². The minimum absolute atomic E-state index is 0.218. The summed E-state index contributed by atoms with van der Waals surface area (Å²) < 4.78 is 0. The normalized spacial score (nSPS) is 9.94. The SMILES string of the molecule is Cc1csc(CNC(=O)Nc2ccccc2)n1. The molecule has 0 unspecified atom stereocenters. The topological polar surface area (TPSA) is 54.0 Å². The molecule has 5 heteroatoms. The molecule has 0 fully saturated rings. The summed E-state index contributed by atoms with van der Waals surface area (Å²) in [5.74, 6) is 0. The molecule has 2 N–H and O–H groups in total. The third-order valence-corrected chi connectivity index (χ3v) is 3.07. The summed E-state index contributed by atoms with van der Waals surface area (Å²) in [5.41, 5.74) is 1.76. The first-order valence-corrected chi connectivity index (χ1v) is 6.13. The van der Waals surface area contributed by atoms with Crippen molar-refractivity contribution in [3.8, 4) is 0 Å². The summed E-state index contributed by atoms with van der Waals surface area (Å²) in [4.78, 5) is 15.8. The van der Waals surface area contributed by atoms with Gasteiger partial charge in [0.15, 0.2) is 0 Å². The van der Waals surface area contributed by atoms with Crippen LogP contribution in [0.5, 0.6) is 0 Å². The minimum Gasteiger partial charge on any atom is -0.331 e. The first-order chi connectivity index (χ1) is 8.24. The highest BCUT2D eigenvalue weighted by Gasteiger charge is 2.03. The molecule has 88 valence electrons. The van der Waals surface area contributed by atoms with Crippen LogP contribution in [-0.2, 0) is 6.54 Å². The van der Waals surface area contributed by atoms with E-state index in [1.165, 1.54) is 0 Å². The lowest BCUT2D eigenvalue weighted by atomic mass is 10.3. The number of rotatable bonds is 3. The summed E-state index contributed by atoms with van der Waals surface area (Å²) in [5, 5.41) is 8.38. The first kappa shape index (κ1) is 11.6. The number of carbonyl (C=O) groups excluding carboxylic acids is 1. The standard InChI is InChI=1S/C12H13N3OS/c1-9-8-17-11(14-9)7-13-12(16)15-10-5-3-2-4-6-10/h2-6,8H,7H2,1H3,(H2,13,15,16). The number of nitrogens with zero attached hydrogens (tertiary/aromatic N) is 1. The van der Waals surface area contributed by atoms with Crippen LogP contribution in [0.2, 0.25) is 0 Å². The molecular formula is C12H13N3OS. The van der Waals surface area contributed by atoms with Crippen molar-refractivity contribution in [3.05, 3.63) is 46.4 Å². The zero-order chi connectivity index (χ0) is 12.1. The van der Waals surface area contributed by atoms with Gasteiger partial charge in [-0.2, -0.15) is 0 Å². The fraction of sp³-hybridized carbons (Fsp3) is 0.167. The molecule has 2 aromatic rings. The van der Waals surface area contributed by atoms with Crippen molar-refractivity contribution < 1.29 is 4.79 Å². The predicted octanol–water partition coefficient (Wildman–Crippen LogP) is 2.77. The van der Waals surface area contributed by atoms with Crippen molar-refractivity contribution in [2.75, 3.05) is 5.32 Å². The van der Waals surface area contributed by atoms with Gasteiger partial charge in [-0.1, -0.05) is 18.2 Å². The quantitative estimate of drug-likeness (QED) is 0.876. The number of thiazole rings is 1. The van der Waals surface area contributed by atoms with Gasteiger partial charge in [-0.05, 0) is 19.1 Å². The van der Waals surface area contributed by atoms with Crippen LogP contribution < -0.4 is 10.6 Å². The van der Waals surface area contributed by atoms with Gasteiger partial charge in [0.1, 0.15) is 5.01 Å². The van der Waals surface area contributed by atoms with E-state index >= 15 is 0 Å². The predicted molar refractivity (Wildman–Crippen MR) is 69.2 cm³/mol. The lowest BCUT2D eigenvalue weighted by Crippen LogP contribution is -2.28. The van der Waals surface area contributed by atoms with E-state index in [4.69, 9.17) is 0 Å². The number of hydrogen-bond donors (Lipinski definition) is 2. The third-order valence-electron chi connectivity index (χ3n) is 2.10. The van der Waals surface area contributed by atoms with Crippen LogP contribution in [-0.4, -0.2) is 11.0 Å². The fourth-order valence-electron chi connectivity index (χ4n) is 1.34. The van der Waals surface area contributed by atoms with Crippen LogP contribution in [0.4, 0.5) is 10.5 Å².